The Bertz CT molecular complexity index is 80.1. The van der Waals surface area contributed by atoms with Crippen LogP contribution in [0.1, 0.15) is 20.3 Å². The topological polar surface area (TPSA) is 15.5 Å². The molecule has 1 fully saturated rings. The molecule has 1 aliphatic rings. The molecule has 42 valence electrons. The minimum absolute atomic E-state index is 0.0833. The Hall–Kier alpha value is -0.0800. The van der Waals surface area contributed by atoms with Gasteiger partial charge in [0.05, 0.1) is 0 Å². The van der Waals surface area contributed by atoms with Crippen molar-refractivity contribution >= 4 is 0 Å². The zero-order valence-electron chi connectivity index (χ0n) is 5.06. The van der Waals surface area contributed by atoms with E-state index in [0.717, 1.165) is 6.42 Å². The molecule has 0 radical (unpaired) electrons. The molecule has 1 saturated heterocycles. The monoisotopic (exact) mass is 101 g/mol. The standard InChI is InChI=1S/C5H11NO/c1-4-5(2)6(3)7-5/h4H2,1-3H3/t5-,6?/m0/s1. The molecular formula is C5H11NO. The highest BCUT2D eigenvalue weighted by Crippen LogP contribution is 2.34. The molecule has 0 aliphatic carbocycles. The molecule has 0 aromatic rings. The van der Waals surface area contributed by atoms with Crippen LogP contribution in [0.15, 0.2) is 0 Å². The van der Waals surface area contributed by atoms with Crippen molar-refractivity contribution in [1.82, 2.24) is 5.06 Å². The predicted molar refractivity (Wildman–Crippen MR) is 27.5 cm³/mol. The van der Waals surface area contributed by atoms with Gasteiger partial charge in [0, 0.05) is 7.05 Å². The van der Waals surface area contributed by atoms with Crippen LogP contribution in [-0.4, -0.2) is 17.8 Å². The van der Waals surface area contributed by atoms with Gasteiger partial charge in [-0.3, -0.25) is 4.84 Å². The Morgan fingerprint density at radius 2 is 2.14 bits per heavy atom. The van der Waals surface area contributed by atoms with Crippen molar-refractivity contribution in [3.8, 4) is 0 Å². The van der Waals surface area contributed by atoms with Crippen LogP contribution in [0.4, 0.5) is 0 Å². The second-order valence-electron chi connectivity index (χ2n) is 2.12. The van der Waals surface area contributed by atoms with Crippen LogP contribution in [0.25, 0.3) is 0 Å². The summed E-state index contributed by atoms with van der Waals surface area (Å²) in [6.45, 7) is 4.19. The molecule has 1 unspecified atom stereocenters. The smallest absolute Gasteiger partial charge is 0.161 e. The highest BCUT2D eigenvalue weighted by molar-refractivity contribution is 4.76. The Labute approximate surface area is 44.0 Å². The summed E-state index contributed by atoms with van der Waals surface area (Å²) in [5.74, 6) is 0. The zero-order valence-corrected chi connectivity index (χ0v) is 5.06. The lowest BCUT2D eigenvalue weighted by molar-refractivity contribution is 0.221. The van der Waals surface area contributed by atoms with Gasteiger partial charge in [-0.05, 0) is 13.3 Å². The van der Waals surface area contributed by atoms with Gasteiger partial charge < -0.3 is 0 Å². The second-order valence-corrected chi connectivity index (χ2v) is 2.12. The molecule has 0 aromatic heterocycles. The van der Waals surface area contributed by atoms with Crippen molar-refractivity contribution in [1.29, 1.82) is 0 Å². The van der Waals surface area contributed by atoms with E-state index in [1.54, 1.807) is 0 Å². The third kappa shape index (κ3) is 0.640. The Kier molecular flexibility index (Phi) is 0.869. The van der Waals surface area contributed by atoms with Crippen LogP contribution in [0.2, 0.25) is 0 Å². The van der Waals surface area contributed by atoms with E-state index >= 15 is 0 Å². The van der Waals surface area contributed by atoms with E-state index in [0.29, 0.717) is 0 Å². The molecule has 2 atom stereocenters. The zero-order chi connectivity index (χ0) is 5.49. The molecule has 2 heteroatoms. The molecule has 1 aliphatic heterocycles. The number of hydrogen-bond donors (Lipinski definition) is 0. The molecule has 0 saturated carbocycles. The normalized spacial score (nSPS) is 49.3. The van der Waals surface area contributed by atoms with Gasteiger partial charge in [0.2, 0.25) is 0 Å². The summed E-state index contributed by atoms with van der Waals surface area (Å²) in [7, 11) is 1.95. The molecule has 7 heavy (non-hydrogen) atoms. The molecule has 1 rings (SSSR count). The van der Waals surface area contributed by atoms with Crippen LogP contribution in [0.3, 0.4) is 0 Å². The van der Waals surface area contributed by atoms with E-state index in [2.05, 4.69) is 13.8 Å². The lowest BCUT2D eigenvalue weighted by Crippen LogP contribution is -2.07. The van der Waals surface area contributed by atoms with Gasteiger partial charge in [-0.15, -0.1) is 0 Å². The van der Waals surface area contributed by atoms with Crippen molar-refractivity contribution in [3.05, 3.63) is 0 Å². The van der Waals surface area contributed by atoms with E-state index in [9.17, 15) is 0 Å². The van der Waals surface area contributed by atoms with E-state index in [4.69, 9.17) is 4.84 Å². The van der Waals surface area contributed by atoms with Crippen molar-refractivity contribution < 1.29 is 4.84 Å². The van der Waals surface area contributed by atoms with Gasteiger partial charge in [-0.1, -0.05) is 6.92 Å². The maximum absolute atomic E-state index is 5.09. The maximum Gasteiger partial charge on any atom is 0.161 e. The fourth-order valence-electron chi connectivity index (χ4n) is 0.562. The van der Waals surface area contributed by atoms with Crippen molar-refractivity contribution in [3.63, 3.8) is 0 Å². The fraction of sp³-hybridized carbons (Fsp3) is 1.00. The fourth-order valence-corrected chi connectivity index (χ4v) is 0.562. The average molecular weight is 101 g/mol. The first-order valence-electron chi connectivity index (χ1n) is 2.62. The Morgan fingerprint density at radius 1 is 1.71 bits per heavy atom. The van der Waals surface area contributed by atoms with Gasteiger partial charge in [0.15, 0.2) is 5.72 Å². The highest BCUT2D eigenvalue weighted by Gasteiger charge is 2.45. The van der Waals surface area contributed by atoms with Gasteiger partial charge in [0.1, 0.15) is 0 Å². The van der Waals surface area contributed by atoms with Gasteiger partial charge in [0.25, 0.3) is 0 Å². The summed E-state index contributed by atoms with van der Waals surface area (Å²) < 4.78 is 0. The quantitative estimate of drug-likeness (QED) is 0.458. The van der Waals surface area contributed by atoms with E-state index in [1.807, 2.05) is 12.1 Å². The summed E-state index contributed by atoms with van der Waals surface area (Å²) in [6, 6.07) is 0. The number of hydroxylamine groups is 2. The molecule has 0 bridgehead atoms. The maximum atomic E-state index is 5.09. The number of rotatable bonds is 1. The molecule has 2 nitrogen and oxygen atoms in total. The van der Waals surface area contributed by atoms with E-state index in [-0.39, 0.29) is 5.72 Å². The van der Waals surface area contributed by atoms with Gasteiger partial charge in [-0.2, -0.15) is 5.06 Å². The minimum atomic E-state index is 0.0833. The van der Waals surface area contributed by atoms with Crippen molar-refractivity contribution in [2.45, 2.75) is 26.0 Å². The highest BCUT2D eigenvalue weighted by atomic mass is 16.9. The molecule has 0 amide bonds. The van der Waals surface area contributed by atoms with Crippen molar-refractivity contribution in [2.24, 2.45) is 0 Å². The van der Waals surface area contributed by atoms with Crippen LogP contribution in [-0.2, 0) is 4.84 Å². The largest absolute Gasteiger partial charge is 0.272 e. The lowest BCUT2D eigenvalue weighted by Gasteiger charge is -1.93. The average Bonchev–Trinajstić information content (AvgIpc) is 2.18. The van der Waals surface area contributed by atoms with Crippen LogP contribution < -0.4 is 0 Å². The summed E-state index contributed by atoms with van der Waals surface area (Å²) in [5, 5.41) is 1.87. The second kappa shape index (κ2) is 1.20. The third-order valence-electron chi connectivity index (χ3n) is 1.62. The summed E-state index contributed by atoms with van der Waals surface area (Å²) in [4.78, 5) is 5.09. The first-order chi connectivity index (χ1) is 3.19. The van der Waals surface area contributed by atoms with Gasteiger partial charge in [-0.25, -0.2) is 0 Å². The van der Waals surface area contributed by atoms with Gasteiger partial charge >= 0.3 is 0 Å². The van der Waals surface area contributed by atoms with E-state index < -0.39 is 0 Å². The molecule has 0 aromatic carbocycles. The first kappa shape index (κ1) is 5.06. The van der Waals surface area contributed by atoms with Crippen LogP contribution in [0.5, 0.6) is 0 Å². The summed E-state index contributed by atoms with van der Waals surface area (Å²) in [6.07, 6.45) is 1.07. The number of nitrogens with zero attached hydrogens (tertiary/aromatic N) is 1. The molecule has 1 heterocycles. The molecular weight excluding hydrogens is 90.1 g/mol. The minimum Gasteiger partial charge on any atom is -0.272 e. The Morgan fingerprint density at radius 3 is 2.14 bits per heavy atom. The summed E-state index contributed by atoms with van der Waals surface area (Å²) in [5.41, 5.74) is 0.0833. The van der Waals surface area contributed by atoms with Crippen LogP contribution >= 0.6 is 0 Å². The third-order valence-corrected chi connectivity index (χ3v) is 1.62. The predicted octanol–water partition coefficient (Wildman–Crippen LogP) is 0.990. The number of hydrogen-bond acceptors (Lipinski definition) is 2. The van der Waals surface area contributed by atoms with Crippen molar-refractivity contribution in [2.75, 3.05) is 7.05 Å². The first-order valence-corrected chi connectivity index (χ1v) is 2.62. The Balaban J connectivity index is 2.36. The molecule has 0 N–H and O–H groups in total. The summed E-state index contributed by atoms with van der Waals surface area (Å²) >= 11 is 0. The molecule has 0 spiro atoms. The lowest BCUT2D eigenvalue weighted by atomic mass is 10.2. The van der Waals surface area contributed by atoms with Crippen LogP contribution in [0, 0.1) is 0 Å². The van der Waals surface area contributed by atoms with E-state index in [1.165, 1.54) is 0 Å². The SMILES string of the molecule is CC[C@]1(C)ON1C.